The molecule has 1 radical (unpaired) electrons. The molecular formula is C45H52IrNO2-. The first-order chi connectivity index (χ1) is 24.2. The maximum absolute atomic E-state index is 11.7. The molecule has 0 aliphatic carbocycles. The number of fused-ring (bicyclic) bond motifs is 1. The summed E-state index contributed by atoms with van der Waals surface area (Å²) in [5.74, 6) is 0.547. The zero-order chi connectivity index (χ0) is 37.3. The summed E-state index contributed by atoms with van der Waals surface area (Å²) < 4.78 is 24.4. The second-order valence-corrected chi connectivity index (χ2v) is 13.4. The molecule has 0 unspecified atom stereocenters. The summed E-state index contributed by atoms with van der Waals surface area (Å²) >= 11 is 0. The Morgan fingerprint density at radius 3 is 1.98 bits per heavy atom. The van der Waals surface area contributed by atoms with E-state index in [0.29, 0.717) is 11.3 Å². The summed E-state index contributed by atoms with van der Waals surface area (Å²) in [6.07, 6.45) is 6.41. The van der Waals surface area contributed by atoms with Gasteiger partial charge in [-0.2, -0.15) is 0 Å². The molecule has 5 aromatic rings. The summed E-state index contributed by atoms with van der Waals surface area (Å²) in [6, 6.07) is 34.0. The molecule has 1 heterocycles. The molecule has 0 fully saturated rings. The van der Waals surface area contributed by atoms with Crippen molar-refractivity contribution in [3.05, 3.63) is 126 Å². The first-order valence-corrected chi connectivity index (χ1v) is 17.3. The molecule has 0 amide bonds. The Hall–Kier alpha value is -3.85. The van der Waals surface area contributed by atoms with Crippen LogP contribution in [0.25, 0.3) is 44.3 Å². The number of pyridine rings is 1. The van der Waals surface area contributed by atoms with Crippen LogP contribution in [0.3, 0.4) is 0 Å². The van der Waals surface area contributed by atoms with Crippen LogP contribution in [0.15, 0.2) is 109 Å². The smallest absolute Gasteiger partial charge is 0.162 e. The Kier molecular flexibility index (Phi) is 13.0. The molecule has 49 heavy (non-hydrogen) atoms. The first-order valence-electron chi connectivity index (χ1n) is 18.8. The van der Waals surface area contributed by atoms with Crippen LogP contribution in [0, 0.1) is 24.8 Å². The van der Waals surface area contributed by atoms with Gasteiger partial charge in [0.05, 0.1) is 5.76 Å². The van der Waals surface area contributed by atoms with E-state index in [-0.39, 0.29) is 54.5 Å². The average molecular weight is 834 g/mol. The van der Waals surface area contributed by atoms with Crippen LogP contribution < -0.4 is 0 Å². The van der Waals surface area contributed by atoms with Crippen LogP contribution in [-0.4, -0.2) is 15.9 Å². The molecule has 1 aromatic heterocycles. The largest absolute Gasteiger partial charge is 0.512 e. The fourth-order valence-electron chi connectivity index (χ4n) is 6.08. The van der Waals surface area contributed by atoms with Gasteiger partial charge in [-0.3, -0.25) is 9.78 Å². The molecule has 0 bridgehead atoms. The van der Waals surface area contributed by atoms with Crippen molar-refractivity contribution in [1.82, 2.24) is 4.98 Å². The maximum atomic E-state index is 11.7. The standard InChI is InChI=1S/C32H28N.C13H24O2.Ir/c1-22-21-33-31(27-18-26-12-8-9-13-28(26)30(19-27)32(2,3)4)20-29(22)25-16-14-24(15-17-25)23-10-6-5-7-11-23;1-5-10(6-2)12(14)9-13(15)11(7-3)8-4;/h5-17,19-21H,1-4H3;9-11,14H,5-8H2,1-4H3;/q-1;;/b;12-9-;/i1D3;;. The van der Waals surface area contributed by atoms with E-state index in [9.17, 15) is 9.90 Å². The number of aliphatic hydroxyl groups excluding tert-OH is 1. The predicted octanol–water partition coefficient (Wildman–Crippen LogP) is 12.5. The van der Waals surface area contributed by atoms with Crippen molar-refractivity contribution in [2.75, 3.05) is 0 Å². The Morgan fingerprint density at radius 2 is 1.39 bits per heavy atom. The number of benzene rings is 4. The number of hydrogen-bond donors (Lipinski definition) is 1. The molecule has 1 N–H and O–H groups in total. The Labute approximate surface area is 312 Å². The zero-order valence-corrected chi connectivity index (χ0v) is 32.3. The van der Waals surface area contributed by atoms with Crippen molar-refractivity contribution < 1.29 is 34.1 Å². The third-order valence-electron chi connectivity index (χ3n) is 9.15. The molecule has 0 saturated carbocycles. The van der Waals surface area contributed by atoms with Gasteiger partial charge in [0.15, 0.2) is 5.78 Å². The van der Waals surface area contributed by atoms with Crippen LogP contribution in [0.5, 0.6) is 0 Å². The molecule has 5 rings (SSSR count). The fourth-order valence-corrected chi connectivity index (χ4v) is 6.08. The van der Waals surface area contributed by atoms with Crippen LogP contribution in [0.2, 0.25) is 0 Å². The SMILES string of the molecule is CCC(CC)C(=O)/C=C(\O)C(CC)CC.[2H]C([2H])([2H])c1cnc(-c2[c-]c3ccccc3c(C(C)(C)C)c2)cc1-c1ccc(-c2ccccc2)cc1.[Ir]. The fraction of sp³-hybridized carbons (Fsp3) is 0.333. The molecule has 0 saturated heterocycles. The average Bonchev–Trinajstić information content (AvgIpc) is 3.12. The third-order valence-corrected chi connectivity index (χ3v) is 9.15. The molecule has 0 atom stereocenters. The van der Waals surface area contributed by atoms with Crippen molar-refractivity contribution in [2.45, 2.75) is 86.4 Å². The van der Waals surface area contributed by atoms with Crippen molar-refractivity contribution in [2.24, 2.45) is 11.8 Å². The van der Waals surface area contributed by atoms with Gasteiger partial charge in [-0.25, -0.2) is 0 Å². The molecule has 4 heteroatoms. The summed E-state index contributed by atoms with van der Waals surface area (Å²) in [6.45, 7) is 12.4. The van der Waals surface area contributed by atoms with E-state index >= 15 is 0 Å². The quantitative estimate of drug-likeness (QED) is 0.0866. The van der Waals surface area contributed by atoms with Crippen LogP contribution in [-0.2, 0) is 30.3 Å². The van der Waals surface area contributed by atoms with Gasteiger partial charge in [0.1, 0.15) is 0 Å². The van der Waals surface area contributed by atoms with Crippen molar-refractivity contribution in [3.63, 3.8) is 0 Å². The molecule has 3 nitrogen and oxygen atoms in total. The molecule has 4 aromatic carbocycles. The number of allylic oxidation sites excluding steroid dienone is 2. The number of nitrogens with zero attached hydrogens (tertiary/aromatic N) is 1. The Morgan fingerprint density at radius 1 is 0.816 bits per heavy atom. The number of carbonyl (C=O) groups is 1. The van der Waals surface area contributed by atoms with Gasteiger partial charge in [-0.05, 0) is 65.8 Å². The van der Waals surface area contributed by atoms with E-state index in [1.807, 2.05) is 88.4 Å². The monoisotopic (exact) mass is 834 g/mol. The second kappa shape index (κ2) is 18.2. The minimum atomic E-state index is -2.28. The van der Waals surface area contributed by atoms with Gasteiger partial charge in [0.25, 0.3) is 0 Å². The first kappa shape index (κ1) is 35.0. The second-order valence-electron chi connectivity index (χ2n) is 13.4. The summed E-state index contributed by atoms with van der Waals surface area (Å²) in [5, 5.41) is 12.0. The number of aliphatic hydroxyl groups is 1. The van der Waals surface area contributed by atoms with Crippen molar-refractivity contribution in [1.29, 1.82) is 0 Å². The summed E-state index contributed by atoms with van der Waals surface area (Å²) in [7, 11) is 0. The van der Waals surface area contributed by atoms with Gasteiger partial charge in [-0.1, -0.05) is 138 Å². The van der Waals surface area contributed by atoms with Gasteiger partial charge in [-0.15, -0.1) is 29.1 Å². The Balaban J connectivity index is 0.000000389. The van der Waals surface area contributed by atoms with E-state index in [0.717, 1.165) is 53.3 Å². The molecule has 259 valence electrons. The maximum Gasteiger partial charge on any atom is 0.162 e. The molecule has 0 aliphatic rings. The van der Waals surface area contributed by atoms with E-state index in [2.05, 4.69) is 62.2 Å². The molecule has 0 spiro atoms. The molecular weight excluding hydrogens is 779 g/mol. The summed E-state index contributed by atoms with van der Waals surface area (Å²) in [5.41, 5.74) is 6.67. The number of aromatic nitrogens is 1. The van der Waals surface area contributed by atoms with E-state index in [1.165, 1.54) is 23.2 Å². The van der Waals surface area contributed by atoms with Crippen molar-refractivity contribution in [3.8, 4) is 33.5 Å². The normalized spacial score (nSPS) is 12.8. The van der Waals surface area contributed by atoms with Gasteiger partial charge >= 0.3 is 0 Å². The van der Waals surface area contributed by atoms with Gasteiger partial charge < -0.3 is 5.11 Å². The minimum Gasteiger partial charge on any atom is -0.512 e. The number of aryl methyl sites for hydroxylation is 1. The summed E-state index contributed by atoms with van der Waals surface area (Å²) in [4.78, 5) is 16.3. The topological polar surface area (TPSA) is 50.2 Å². The van der Waals surface area contributed by atoms with E-state index < -0.39 is 6.85 Å². The Bertz CT molecular complexity index is 1940. The van der Waals surface area contributed by atoms with Crippen LogP contribution >= 0.6 is 0 Å². The predicted molar refractivity (Wildman–Crippen MR) is 204 cm³/mol. The zero-order valence-electron chi connectivity index (χ0n) is 32.9. The third kappa shape index (κ3) is 10.1. The van der Waals surface area contributed by atoms with E-state index in [1.54, 1.807) is 0 Å². The van der Waals surface area contributed by atoms with Gasteiger partial charge in [0.2, 0.25) is 0 Å². The van der Waals surface area contributed by atoms with Crippen LogP contribution in [0.1, 0.15) is 89.4 Å². The molecule has 0 aliphatic heterocycles. The van der Waals surface area contributed by atoms with E-state index in [4.69, 9.17) is 4.11 Å². The number of carbonyl (C=O) groups excluding carboxylic acids is 1. The minimum absolute atomic E-state index is 0. The number of rotatable bonds is 10. The number of hydrogen-bond acceptors (Lipinski definition) is 3. The number of ketones is 1. The van der Waals surface area contributed by atoms with Crippen molar-refractivity contribution >= 4 is 16.6 Å². The van der Waals surface area contributed by atoms with Gasteiger partial charge in [0, 0.05) is 54.0 Å². The van der Waals surface area contributed by atoms with Crippen LogP contribution in [0.4, 0.5) is 0 Å².